The average Bonchev–Trinajstić information content (AvgIpc) is 1.05. The summed E-state index contributed by atoms with van der Waals surface area (Å²) in [6.07, 6.45) is 60.0. The van der Waals surface area contributed by atoms with Crippen LogP contribution in [0.5, 0.6) is 0 Å². The van der Waals surface area contributed by atoms with Crippen LogP contribution in [-0.4, -0.2) is 96.7 Å². The van der Waals surface area contributed by atoms with Crippen LogP contribution in [-0.2, 0) is 65.4 Å². The van der Waals surface area contributed by atoms with Gasteiger partial charge in [-0.25, -0.2) is 9.13 Å². The summed E-state index contributed by atoms with van der Waals surface area (Å²) in [7, 11) is -9.91. The van der Waals surface area contributed by atoms with Crippen molar-refractivity contribution in [3.8, 4) is 0 Å². The molecule has 0 rings (SSSR count). The zero-order chi connectivity index (χ0) is 72.1. The molecule has 5 atom stereocenters. The number of carbonyl (C=O) groups is 4. The second-order valence-corrected chi connectivity index (χ2v) is 32.3. The van der Waals surface area contributed by atoms with Gasteiger partial charge in [-0.1, -0.05) is 363 Å². The Kier molecular flexibility index (Phi) is 69.3. The molecule has 0 aromatic heterocycles. The second kappa shape index (κ2) is 70.7. The van der Waals surface area contributed by atoms with Gasteiger partial charge in [0, 0.05) is 25.7 Å². The first-order valence-corrected chi connectivity index (χ1v) is 44.0. The number of ether oxygens (including phenoxy) is 4. The van der Waals surface area contributed by atoms with Crippen molar-refractivity contribution in [3.63, 3.8) is 0 Å². The molecule has 0 heterocycles. The fourth-order valence-electron chi connectivity index (χ4n) is 12.2. The van der Waals surface area contributed by atoms with Crippen LogP contribution >= 0.6 is 15.6 Å². The monoisotopic (exact) mass is 1440 g/mol. The summed E-state index contributed by atoms with van der Waals surface area (Å²) in [5, 5.41) is 10.6. The van der Waals surface area contributed by atoms with Crippen molar-refractivity contribution >= 4 is 39.5 Å². The molecular formula is C79H154O17P2. The molecule has 0 saturated carbocycles. The fraction of sp³-hybridized carbons (Fsp3) is 0.949. The van der Waals surface area contributed by atoms with Gasteiger partial charge in [-0.05, 0) is 37.5 Å². The Morgan fingerprint density at radius 3 is 0.694 bits per heavy atom. The molecule has 0 fully saturated rings. The Labute approximate surface area is 600 Å². The third kappa shape index (κ3) is 72.4. The molecule has 0 spiro atoms. The predicted octanol–water partition coefficient (Wildman–Crippen LogP) is 23.5. The van der Waals surface area contributed by atoms with Gasteiger partial charge < -0.3 is 33.8 Å². The number of phosphoric acid groups is 2. The maximum atomic E-state index is 13.1. The Morgan fingerprint density at radius 1 is 0.276 bits per heavy atom. The maximum absolute atomic E-state index is 13.1. The van der Waals surface area contributed by atoms with Gasteiger partial charge in [0.1, 0.15) is 19.3 Å². The fourth-order valence-corrected chi connectivity index (χ4v) is 13.8. The summed E-state index contributed by atoms with van der Waals surface area (Å²) < 4.78 is 68.5. The number of aliphatic hydroxyl groups is 1. The zero-order valence-electron chi connectivity index (χ0n) is 64.1. The van der Waals surface area contributed by atoms with Gasteiger partial charge in [0.15, 0.2) is 12.2 Å². The molecule has 19 heteroatoms. The molecule has 0 aliphatic rings. The van der Waals surface area contributed by atoms with Gasteiger partial charge in [0.05, 0.1) is 26.4 Å². The van der Waals surface area contributed by atoms with Crippen molar-refractivity contribution in [1.82, 2.24) is 0 Å². The molecule has 0 aromatic carbocycles. The first-order chi connectivity index (χ1) is 47.4. The largest absolute Gasteiger partial charge is 0.472 e. The van der Waals surface area contributed by atoms with E-state index in [0.29, 0.717) is 31.6 Å². The van der Waals surface area contributed by atoms with E-state index in [1.807, 2.05) is 0 Å². The third-order valence-electron chi connectivity index (χ3n) is 18.5. The van der Waals surface area contributed by atoms with Crippen molar-refractivity contribution in [2.24, 2.45) is 11.8 Å². The number of phosphoric ester groups is 2. The number of hydrogen-bond donors (Lipinski definition) is 3. The van der Waals surface area contributed by atoms with Crippen LogP contribution in [0.25, 0.3) is 0 Å². The van der Waals surface area contributed by atoms with Crippen LogP contribution in [0.2, 0.25) is 0 Å². The lowest BCUT2D eigenvalue weighted by Crippen LogP contribution is -2.30. The Bertz CT molecular complexity index is 1890. The molecule has 17 nitrogen and oxygen atoms in total. The molecule has 0 aliphatic carbocycles. The molecule has 98 heavy (non-hydrogen) atoms. The van der Waals surface area contributed by atoms with Crippen LogP contribution < -0.4 is 0 Å². The standard InChI is InChI=1S/C79H154O17P2/c1-7-9-11-13-15-17-18-19-20-21-22-23-24-25-28-32-35-39-45-51-57-63-78(83)95-74(67-90-77(82)62-56-50-44-38-34-31-29-26-27-30-33-37-41-47-53-59-71(3)4)69-93-97(85,86)91-65-73(80)66-92-98(87,88)94-70-75(68-89-76(81)61-55-49-43-36-16-14-12-10-8-2)96-79(84)64-58-52-46-40-42-48-54-60-72(5)6/h71-75,80H,7-70H2,1-6H3,(H,85,86)(H,87,88)/t73-,74-,75-/m1/s1. The number of unbranched alkanes of at least 4 members (excludes halogenated alkanes) is 48. The van der Waals surface area contributed by atoms with E-state index in [-0.39, 0.29) is 25.7 Å². The quantitative estimate of drug-likeness (QED) is 0.0222. The minimum absolute atomic E-state index is 0.104. The number of aliphatic hydroxyl groups excluding tert-OH is 1. The Morgan fingerprint density at radius 2 is 0.469 bits per heavy atom. The highest BCUT2D eigenvalue weighted by Gasteiger charge is 2.30. The third-order valence-corrected chi connectivity index (χ3v) is 20.4. The molecular weight excluding hydrogens is 1280 g/mol. The van der Waals surface area contributed by atoms with Crippen molar-refractivity contribution in [2.75, 3.05) is 39.6 Å². The Balaban J connectivity index is 5.18. The smallest absolute Gasteiger partial charge is 0.462 e. The number of rotatable bonds is 78. The topological polar surface area (TPSA) is 237 Å². The van der Waals surface area contributed by atoms with Crippen molar-refractivity contribution in [1.29, 1.82) is 0 Å². The highest BCUT2D eigenvalue weighted by atomic mass is 31.2. The van der Waals surface area contributed by atoms with Gasteiger partial charge in [0.2, 0.25) is 0 Å². The average molecular weight is 1440 g/mol. The molecule has 0 aliphatic heterocycles. The van der Waals surface area contributed by atoms with E-state index in [0.717, 1.165) is 95.8 Å². The first-order valence-electron chi connectivity index (χ1n) is 41.0. The predicted molar refractivity (Wildman–Crippen MR) is 400 cm³/mol. The zero-order valence-corrected chi connectivity index (χ0v) is 65.9. The molecule has 0 saturated heterocycles. The van der Waals surface area contributed by atoms with Gasteiger partial charge in [-0.15, -0.1) is 0 Å². The lowest BCUT2D eigenvalue weighted by molar-refractivity contribution is -0.161. The van der Waals surface area contributed by atoms with E-state index in [1.165, 1.54) is 231 Å². The van der Waals surface area contributed by atoms with Crippen molar-refractivity contribution in [3.05, 3.63) is 0 Å². The van der Waals surface area contributed by atoms with Crippen LogP contribution in [0, 0.1) is 11.8 Å². The van der Waals surface area contributed by atoms with Crippen LogP contribution in [0.1, 0.15) is 414 Å². The summed E-state index contributed by atoms with van der Waals surface area (Å²) in [6, 6.07) is 0. The normalized spacial score (nSPS) is 13.9. The van der Waals surface area contributed by atoms with E-state index >= 15 is 0 Å². The minimum atomic E-state index is -4.96. The Hall–Kier alpha value is -1.94. The van der Waals surface area contributed by atoms with Crippen molar-refractivity contribution in [2.45, 2.75) is 432 Å². The summed E-state index contributed by atoms with van der Waals surface area (Å²) in [5.74, 6) is -0.614. The number of hydrogen-bond acceptors (Lipinski definition) is 15. The highest BCUT2D eigenvalue weighted by molar-refractivity contribution is 7.47. The van der Waals surface area contributed by atoms with Gasteiger partial charge >= 0.3 is 39.5 Å². The molecule has 0 aromatic rings. The van der Waals surface area contributed by atoms with Gasteiger partial charge in [-0.3, -0.25) is 37.3 Å². The highest BCUT2D eigenvalue weighted by Crippen LogP contribution is 2.45. The van der Waals surface area contributed by atoms with Crippen LogP contribution in [0.3, 0.4) is 0 Å². The minimum Gasteiger partial charge on any atom is -0.462 e. The first kappa shape index (κ1) is 96.1. The van der Waals surface area contributed by atoms with E-state index in [2.05, 4.69) is 41.5 Å². The molecule has 0 bridgehead atoms. The number of esters is 4. The summed E-state index contributed by atoms with van der Waals surface area (Å²) in [6.45, 7) is 9.56. The lowest BCUT2D eigenvalue weighted by Gasteiger charge is -2.21. The SMILES string of the molecule is CCCCCCCCCCCCCCCCCCCCCCCC(=O)O[C@H](COC(=O)CCCCCCCCCCCCCCCCCC(C)C)COP(=O)(O)OC[C@@H](O)COP(=O)(O)OC[C@@H](COC(=O)CCCCCCCCCCC)OC(=O)CCCCCCCCCC(C)C. The molecule has 3 N–H and O–H groups in total. The van der Waals surface area contributed by atoms with E-state index in [1.54, 1.807) is 0 Å². The second-order valence-electron chi connectivity index (χ2n) is 29.4. The molecule has 2 unspecified atom stereocenters. The molecule has 582 valence electrons. The maximum Gasteiger partial charge on any atom is 0.472 e. The van der Waals surface area contributed by atoms with Crippen molar-refractivity contribution < 1.29 is 80.2 Å². The van der Waals surface area contributed by atoms with E-state index < -0.39 is 97.5 Å². The lowest BCUT2D eigenvalue weighted by atomic mass is 10.0. The number of carbonyl (C=O) groups excluding carboxylic acids is 4. The van der Waals surface area contributed by atoms with Crippen LogP contribution in [0.15, 0.2) is 0 Å². The molecule has 0 amide bonds. The van der Waals surface area contributed by atoms with Gasteiger partial charge in [0.25, 0.3) is 0 Å². The van der Waals surface area contributed by atoms with Crippen LogP contribution in [0.4, 0.5) is 0 Å². The summed E-state index contributed by atoms with van der Waals surface area (Å²) in [5.41, 5.74) is 0. The van der Waals surface area contributed by atoms with Gasteiger partial charge in [-0.2, -0.15) is 0 Å². The van der Waals surface area contributed by atoms with E-state index in [4.69, 9.17) is 37.0 Å². The summed E-state index contributed by atoms with van der Waals surface area (Å²) >= 11 is 0. The van der Waals surface area contributed by atoms with E-state index in [9.17, 15) is 43.2 Å². The molecule has 0 radical (unpaired) electrons. The summed E-state index contributed by atoms with van der Waals surface area (Å²) in [4.78, 5) is 72.8.